The fourth-order valence-electron chi connectivity index (χ4n) is 2.05. The summed E-state index contributed by atoms with van der Waals surface area (Å²) in [7, 11) is 2.11. The van der Waals surface area contributed by atoms with Gasteiger partial charge in [0.25, 0.3) is 0 Å². The number of carboxylic acids is 1. The summed E-state index contributed by atoms with van der Waals surface area (Å²) in [5.41, 5.74) is 2.30. The van der Waals surface area contributed by atoms with Crippen molar-refractivity contribution in [1.82, 2.24) is 4.90 Å². The lowest BCUT2D eigenvalue weighted by Gasteiger charge is -2.15. The van der Waals surface area contributed by atoms with E-state index in [-0.39, 0.29) is 0 Å². The Bertz CT molecular complexity index is 604. The van der Waals surface area contributed by atoms with E-state index < -0.39 is 5.97 Å². The van der Waals surface area contributed by atoms with Gasteiger partial charge in [0.1, 0.15) is 0 Å². The lowest BCUT2D eigenvalue weighted by atomic mass is 10.1. The van der Waals surface area contributed by atoms with Crippen LogP contribution in [0.15, 0.2) is 47.9 Å². The van der Waals surface area contributed by atoms with Crippen LogP contribution in [-0.4, -0.2) is 29.6 Å². The van der Waals surface area contributed by atoms with Crippen LogP contribution in [0.3, 0.4) is 0 Å². The topological polar surface area (TPSA) is 40.5 Å². The van der Waals surface area contributed by atoms with Crippen molar-refractivity contribution in [3.8, 4) is 0 Å². The Balaban J connectivity index is 1.82. The van der Waals surface area contributed by atoms with Crippen molar-refractivity contribution < 1.29 is 9.90 Å². The normalized spacial score (nSPS) is 11.3. The first kappa shape index (κ1) is 15.5. The molecule has 1 aromatic carbocycles. The monoisotopic (exact) mass is 301 g/mol. The maximum atomic E-state index is 10.5. The molecule has 110 valence electrons. The molecule has 0 aliphatic heterocycles. The number of thiophene rings is 1. The third kappa shape index (κ3) is 5.53. The summed E-state index contributed by atoms with van der Waals surface area (Å²) < 4.78 is 0. The molecule has 2 rings (SSSR count). The standard InChI is InChI=1S/C17H19NO2S/c1-18(10-9-14-5-3-2-4-6-14)12-16-11-15(13-21-16)7-8-17(19)20/h2-8,11,13H,9-10,12H2,1H3,(H,19,20). The number of hydrogen-bond acceptors (Lipinski definition) is 3. The second-order valence-electron chi connectivity index (χ2n) is 4.99. The summed E-state index contributed by atoms with van der Waals surface area (Å²) >= 11 is 1.67. The van der Waals surface area contributed by atoms with Gasteiger partial charge < -0.3 is 10.0 Å². The zero-order valence-electron chi connectivity index (χ0n) is 12.0. The van der Waals surface area contributed by atoms with Crippen molar-refractivity contribution in [3.63, 3.8) is 0 Å². The number of carboxylic acid groups (broad SMARTS) is 1. The molecule has 0 radical (unpaired) electrons. The molecule has 0 amide bonds. The van der Waals surface area contributed by atoms with Crippen LogP contribution in [0.2, 0.25) is 0 Å². The SMILES string of the molecule is CN(CCc1ccccc1)Cc1cc(C=CC(=O)O)cs1. The van der Waals surface area contributed by atoms with E-state index in [1.807, 2.05) is 17.5 Å². The predicted molar refractivity (Wildman–Crippen MR) is 87.5 cm³/mol. The molecule has 0 aliphatic rings. The van der Waals surface area contributed by atoms with Gasteiger partial charge in [-0.2, -0.15) is 0 Å². The molecule has 2 aromatic rings. The summed E-state index contributed by atoms with van der Waals surface area (Å²) in [6, 6.07) is 12.5. The van der Waals surface area contributed by atoms with Crippen LogP contribution in [0.4, 0.5) is 0 Å². The summed E-state index contributed by atoms with van der Waals surface area (Å²) in [5, 5.41) is 10.6. The third-order valence-corrected chi connectivity index (χ3v) is 4.08. The highest BCUT2D eigenvalue weighted by Gasteiger charge is 2.03. The quantitative estimate of drug-likeness (QED) is 0.795. The van der Waals surface area contributed by atoms with E-state index in [0.29, 0.717) is 0 Å². The van der Waals surface area contributed by atoms with Crippen molar-refractivity contribution in [1.29, 1.82) is 0 Å². The van der Waals surface area contributed by atoms with Crippen LogP contribution in [0.5, 0.6) is 0 Å². The van der Waals surface area contributed by atoms with Gasteiger partial charge in [0, 0.05) is 24.0 Å². The van der Waals surface area contributed by atoms with Crippen molar-refractivity contribution in [2.75, 3.05) is 13.6 Å². The van der Waals surface area contributed by atoms with E-state index in [0.717, 1.165) is 25.1 Å². The molecule has 3 nitrogen and oxygen atoms in total. The molecule has 0 bridgehead atoms. The Hall–Kier alpha value is -1.91. The zero-order valence-corrected chi connectivity index (χ0v) is 12.8. The van der Waals surface area contributed by atoms with Gasteiger partial charge in [0.05, 0.1) is 0 Å². The highest BCUT2D eigenvalue weighted by Crippen LogP contribution is 2.17. The minimum Gasteiger partial charge on any atom is -0.478 e. The van der Waals surface area contributed by atoms with E-state index in [1.165, 1.54) is 16.5 Å². The lowest BCUT2D eigenvalue weighted by Crippen LogP contribution is -2.20. The maximum absolute atomic E-state index is 10.5. The fourth-order valence-corrected chi connectivity index (χ4v) is 2.98. The van der Waals surface area contributed by atoms with Crippen molar-refractivity contribution in [2.45, 2.75) is 13.0 Å². The van der Waals surface area contributed by atoms with Gasteiger partial charge in [-0.15, -0.1) is 11.3 Å². The molecule has 21 heavy (non-hydrogen) atoms. The molecular weight excluding hydrogens is 282 g/mol. The Labute approximate surface area is 129 Å². The molecule has 4 heteroatoms. The fraction of sp³-hybridized carbons (Fsp3) is 0.235. The summed E-state index contributed by atoms with van der Waals surface area (Å²) in [6.07, 6.45) is 3.84. The van der Waals surface area contributed by atoms with Gasteiger partial charge >= 0.3 is 5.97 Å². The molecule has 1 N–H and O–H groups in total. The summed E-state index contributed by atoms with van der Waals surface area (Å²) in [5.74, 6) is -0.914. The highest BCUT2D eigenvalue weighted by atomic mass is 32.1. The second kappa shape index (κ2) is 7.76. The highest BCUT2D eigenvalue weighted by molar-refractivity contribution is 7.10. The molecule has 0 aliphatic carbocycles. The summed E-state index contributed by atoms with van der Waals surface area (Å²) in [4.78, 5) is 14.0. The minimum atomic E-state index is -0.914. The van der Waals surface area contributed by atoms with Crippen LogP contribution in [-0.2, 0) is 17.8 Å². The molecule has 1 aromatic heterocycles. The van der Waals surface area contributed by atoms with Gasteiger partial charge in [0.2, 0.25) is 0 Å². The van der Waals surface area contributed by atoms with Gasteiger partial charge in [-0.1, -0.05) is 30.3 Å². The summed E-state index contributed by atoms with van der Waals surface area (Å²) in [6.45, 7) is 1.89. The number of rotatable bonds is 7. The number of aliphatic carboxylic acids is 1. The van der Waals surface area contributed by atoms with Gasteiger partial charge in [-0.3, -0.25) is 0 Å². The van der Waals surface area contributed by atoms with Crippen molar-refractivity contribution in [3.05, 3.63) is 63.9 Å². The Kier molecular flexibility index (Phi) is 5.72. The largest absolute Gasteiger partial charge is 0.478 e. The maximum Gasteiger partial charge on any atom is 0.328 e. The molecule has 0 fully saturated rings. The predicted octanol–water partition coefficient (Wildman–Crippen LogP) is 3.52. The number of nitrogens with zero attached hydrogens (tertiary/aromatic N) is 1. The number of carbonyl (C=O) groups is 1. The van der Waals surface area contributed by atoms with E-state index in [2.05, 4.69) is 36.2 Å². The molecule has 1 heterocycles. The van der Waals surface area contributed by atoms with E-state index in [4.69, 9.17) is 5.11 Å². The first-order chi connectivity index (χ1) is 10.1. The third-order valence-electron chi connectivity index (χ3n) is 3.14. The number of hydrogen-bond donors (Lipinski definition) is 1. The molecular formula is C17H19NO2S. The molecule has 0 atom stereocenters. The lowest BCUT2D eigenvalue weighted by molar-refractivity contribution is -0.131. The zero-order chi connectivity index (χ0) is 15.1. The van der Waals surface area contributed by atoms with E-state index in [9.17, 15) is 4.79 Å². The Morgan fingerprint density at radius 3 is 2.81 bits per heavy atom. The average molecular weight is 301 g/mol. The van der Waals surface area contributed by atoms with Crippen LogP contribution in [0, 0.1) is 0 Å². The van der Waals surface area contributed by atoms with Gasteiger partial charge in [-0.25, -0.2) is 4.79 Å². The smallest absolute Gasteiger partial charge is 0.328 e. The van der Waals surface area contributed by atoms with Gasteiger partial charge in [-0.05, 0) is 42.1 Å². The van der Waals surface area contributed by atoms with Crippen LogP contribution in [0.25, 0.3) is 6.08 Å². The Morgan fingerprint density at radius 2 is 2.10 bits per heavy atom. The molecule has 0 saturated heterocycles. The van der Waals surface area contributed by atoms with Crippen LogP contribution >= 0.6 is 11.3 Å². The van der Waals surface area contributed by atoms with Crippen LogP contribution < -0.4 is 0 Å². The number of likely N-dealkylation sites (N-methyl/N-ethyl adjacent to an activating group) is 1. The average Bonchev–Trinajstić information content (AvgIpc) is 2.91. The number of benzene rings is 1. The van der Waals surface area contributed by atoms with Crippen molar-refractivity contribution in [2.24, 2.45) is 0 Å². The first-order valence-corrected chi connectivity index (χ1v) is 7.72. The van der Waals surface area contributed by atoms with E-state index in [1.54, 1.807) is 17.4 Å². The molecule has 0 saturated carbocycles. The minimum absolute atomic E-state index is 0.887. The second-order valence-corrected chi connectivity index (χ2v) is 5.99. The van der Waals surface area contributed by atoms with E-state index >= 15 is 0 Å². The van der Waals surface area contributed by atoms with Gasteiger partial charge in [0.15, 0.2) is 0 Å². The van der Waals surface area contributed by atoms with Crippen molar-refractivity contribution >= 4 is 23.4 Å². The Morgan fingerprint density at radius 1 is 1.33 bits per heavy atom. The first-order valence-electron chi connectivity index (χ1n) is 6.84. The molecule has 0 spiro atoms. The molecule has 0 unspecified atom stereocenters. The van der Waals surface area contributed by atoms with Crippen LogP contribution in [0.1, 0.15) is 16.0 Å².